The zero-order valence-electron chi connectivity index (χ0n) is 22.3. The van der Waals surface area contributed by atoms with Crippen LogP contribution in [0.5, 0.6) is 5.75 Å². The van der Waals surface area contributed by atoms with Gasteiger partial charge in [-0.3, -0.25) is 9.59 Å². The van der Waals surface area contributed by atoms with E-state index in [1.54, 1.807) is 39.3 Å². The summed E-state index contributed by atoms with van der Waals surface area (Å²) >= 11 is 0. The molecule has 2 aromatic carbocycles. The molecule has 1 fully saturated rings. The molecule has 2 aliphatic rings. The summed E-state index contributed by atoms with van der Waals surface area (Å²) in [5, 5.41) is 22.8. The van der Waals surface area contributed by atoms with E-state index in [1.165, 1.54) is 21.8 Å². The number of aliphatic hydroxyl groups excluding tert-OH is 1. The molecule has 1 saturated heterocycles. The number of carbonyl (C=O) groups excluding carboxylic acids is 2. The first-order valence-corrected chi connectivity index (χ1v) is 12.9. The fraction of sp³-hybridized carbons (Fsp3) is 0.321. The number of benzene rings is 2. The Balaban J connectivity index is 1.57. The Labute approximate surface area is 229 Å². The monoisotopic (exact) mass is 545 g/mol. The molecule has 4 heterocycles. The van der Waals surface area contributed by atoms with Gasteiger partial charge in [-0.1, -0.05) is 12.1 Å². The highest BCUT2D eigenvalue weighted by Crippen LogP contribution is 2.44. The van der Waals surface area contributed by atoms with Crippen molar-refractivity contribution >= 4 is 11.8 Å². The normalized spacial score (nSPS) is 19.8. The van der Waals surface area contributed by atoms with Crippen molar-refractivity contribution in [1.29, 1.82) is 0 Å². The van der Waals surface area contributed by atoms with E-state index in [0.29, 0.717) is 46.9 Å². The molecule has 0 radical (unpaired) electrons. The standard InChI is InChI=1S/C28H28FN7O4/c1-28(27(30)39)13-18(37)14-36(28)26(38)22-12-20(15-4-6-17(29)7-5-15)24-19-11-21(25-31-33-34(2)32-25)23(40-3)10-16(19)8-9-35(22)24/h4-7,10-12,18,37H,8-9,13-14H2,1-3H3,(H2,30,39)/t18-,28+/m0/s1. The number of ether oxygens (including phenoxy) is 1. The van der Waals surface area contributed by atoms with Gasteiger partial charge in [-0.2, -0.15) is 4.80 Å². The Morgan fingerprint density at radius 1 is 1.15 bits per heavy atom. The zero-order chi connectivity index (χ0) is 28.3. The number of nitrogens with zero attached hydrogens (tertiary/aromatic N) is 6. The van der Waals surface area contributed by atoms with Crippen LogP contribution in [0.15, 0.2) is 42.5 Å². The van der Waals surface area contributed by atoms with Gasteiger partial charge in [-0.05, 0) is 60.0 Å². The molecular formula is C28H28FN7O4. The quantitative estimate of drug-likeness (QED) is 0.392. The van der Waals surface area contributed by atoms with E-state index in [1.807, 2.05) is 16.7 Å². The summed E-state index contributed by atoms with van der Waals surface area (Å²) in [6, 6.07) is 11.7. The average molecular weight is 546 g/mol. The van der Waals surface area contributed by atoms with E-state index < -0.39 is 23.5 Å². The summed E-state index contributed by atoms with van der Waals surface area (Å²) in [6.07, 6.45) is -0.215. The van der Waals surface area contributed by atoms with Crippen molar-refractivity contribution in [3.05, 3.63) is 59.5 Å². The lowest BCUT2D eigenvalue weighted by Gasteiger charge is -2.32. The van der Waals surface area contributed by atoms with E-state index in [2.05, 4.69) is 15.4 Å². The van der Waals surface area contributed by atoms with Crippen LogP contribution in [0.25, 0.3) is 33.8 Å². The molecule has 0 spiro atoms. The summed E-state index contributed by atoms with van der Waals surface area (Å²) in [6.45, 7) is 2.03. The van der Waals surface area contributed by atoms with E-state index in [-0.39, 0.29) is 18.8 Å². The van der Waals surface area contributed by atoms with Crippen LogP contribution >= 0.6 is 0 Å². The van der Waals surface area contributed by atoms with Gasteiger partial charge in [0.2, 0.25) is 11.7 Å². The summed E-state index contributed by atoms with van der Waals surface area (Å²) < 4.78 is 21.4. The van der Waals surface area contributed by atoms with Gasteiger partial charge in [-0.25, -0.2) is 4.39 Å². The predicted molar refractivity (Wildman–Crippen MR) is 143 cm³/mol. The van der Waals surface area contributed by atoms with Gasteiger partial charge >= 0.3 is 0 Å². The Morgan fingerprint density at radius 3 is 2.55 bits per heavy atom. The number of aromatic nitrogens is 5. The number of β-amino-alcohol motifs (C(OH)–C–C–N with tert-alkyl or cyclic N) is 1. The zero-order valence-corrected chi connectivity index (χ0v) is 22.3. The topological polar surface area (TPSA) is 141 Å². The number of fused-ring (bicyclic) bond motifs is 3. The molecule has 0 saturated carbocycles. The number of primary amides is 1. The van der Waals surface area contributed by atoms with Crippen molar-refractivity contribution in [2.45, 2.75) is 38.0 Å². The summed E-state index contributed by atoms with van der Waals surface area (Å²) in [4.78, 5) is 29.2. The highest BCUT2D eigenvalue weighted by atomic mass is 19.1. The molecular weight excluding hydrogens is 517 g/mol. The van der Waals surface area contributed by atoms with Crippen LogP contribution in [0.4, 0.5) is 4.39 Å². The smallest absolute Gasteiger partial charge is 0.271 e. The van der Waals surface area contributed by atoms with E-state index in [9.17, 15) is 19.1 Å². The van der Waals surface area contributed by atoms with Gasteiger partial charge in [0.1, 0.15) is 22.8 Å². The molecule has 12 heteroatoms. The van der Waals surface area contributed by atoms with Crippen LogP contribution in [0.3, 0.4) is 0 Å². The lowest BCUT2D eigenvalue weighted by Crippen LogP contribution is -2.54. The van der Waals surface area contributed by atoms with Crippen LogP contribution in [-0.2, 0) is 24.8 Å². The Hall–Kier alpha value is -4.58. The van der Waals surface area contributed by atoms with Gasteiger partial charge in [0.25, 0.3) is 5.91 Å². The van der Waals surface area contributed by atoms with Gasteiger partial charge < -0.3 is 25.0 Å². The SMILES string of the molecule is COc1cc2c(cc1-c1nnn(C)n1)-c1c(-c3ccc(F)cc3)cc(C(=O)N3C[C@@H](O)C[C@]3(C)C(N)=O)n1CC2. The molecule has 0 aliphatic carbocycles. The fourth-order valence-corrected chi connectivity index (χ4v) is 5.84. The molecule has 2 aromatic heterocycles. The van der Waals surface area contributed by atoms with Gasteiger partial charge in [0.15, 0.2) is 0 Å². The Morgan fingerprint density at radius 2 is 1.90 bits per heavy atom. The summed E-state index contributed by atoms with van der Waals surface area (Å²) in [5.41, 5.74) is 9.36. The van der Waals surface area contributed by atoms with Crippen molar-refractivity contribution in [2.24, 2.45) is 12.8 Å². The number of rotatable bonds is 5. The number of halogens is 1. The van der Waals surface area contributed by atoms with Crippen molar-refractivity contribution in [3.63, 3.8) is 0 Å². The lowest BCUT2D eigenvalue weighted by atomic mass is 9.91. The highest BCUT2D eigenvalue weighted by molar-refractivity contribution is 6.02. The number of aryl methyl sites for hydroxylation is 2. The number of tetrazole rings is 1. The molecule has 0 unspecified atom stereocenters. The molecule has 4 aromatic rings. The van der Waals surface area contributed by atoms with Gasteiger partial charge in [0.05, 0.1) is 31.5 Å². The number of hydrogen-bond donors (Lipinski definition) is 2. The number of aliphatic hydroxyl groups is 1. The second-order valence-electron chi connectivity index (χ2n) is 10.4. The fourth-order valence-electron chi connectivity index (χ4n) is 5.84. The maximum absolute atomic E-state index is 14.1. The number of amides is 2. The molecule has 6 rings (SSSR count). The number of hydrogen-bond acceptors (Lipinski definition) is 7. The molecule has 2 atom stereocenters. The number of nitrogens with two attached hydrogens (primary N) is 1. The van der Waals surface area contributed by atoms with Crippen LogP contribution in [0.1, 0.15) is 29.4 Å². The van der Waals surface area contributed by atoms with Crippen molar-refractivity contribution in [3.8, 4) is 39.5 Å². The first kappa shape index (κ1) is 25.7. The van der Waals surface area contributed by atoms with E-state index in [0.717, 1.165) is 16.8 Å². The lowest BCUT2D eigenvalue weighted by molar-refractivity contribution is -0.126. The summed E-state index contributed by atoms with van der Waals surface area (Å²) in [5.74, 6) is -0.499. The van der Waals surface area contributed by atoms with E-state index >= 15 is 0 Å². The number of methoxy groups -OCH3 is 1. The molecule has 3 N–H and O–H groups in total. The maximum atomic E-state index is 14.1. The van der Waals surface area contributed by atoms with Gasteiger partial charge in [0, 0.05) is 30.6 Å². The minimum absolute atomic E-state index is 0.0129. The first-order chi connectivity index (χ1) is 19.1. The van der Waals surface area contributed by atoms with Gasteiger partial charge in [-0.15, -0.1) is 10.2 Å². The Bertz CT molecular complexity index is 1660. The second kappa shape index (κ2) is 9.26. The highest BCUT2D eigenvalue weighted by Gasteiger charge is 2.49. The third kappa shape index (κ3) is 3.94. The van der Waals surface area contributed by atoms with Crippen LogP contribution < -0.4 is 10.5 Å². The van der Waals surface area contributed by atoms with E-state index in [4.69, 9.17) is 10.5 Å². The van der Waals surface area contributed by atoms with Crippen LogP contribution in [0.2, 0.25) is 0 Å². The average Bonchev–Trinajstić information content (AvgIpc) is 3.63. The molecule has 11 nitrogen and oxygen atoms in total. The molecule has 2 aliphatic heterocycles. The maximum Gasteiger partial charge on any atom is 0.271 e. The number of carbonyl (C=O) groups is 2. The van der Waals surface area contributed by atoms with Crippen LogP contribution in [-0.4, -0.2) is 71.9 Å². The largest absolute Gasteiger partial charge is 0.496 e. The third-order valence-corrected chi connectivity index (χ3v) is 7.90. The first-order valence-electron chi connectivity index (χ1n) is 12.9. The van der Waals surface area contributed by atoms with Crippen molar-refractivity contribution in [1.82, 2.24) is 29.7 Å². The second-order valence-corrected chi connectivity index (χ2v) is 10.4. The minimum atomic E-state index is -1.33. The minimum Gasteiger partial charge on any atom is -0.496 e. The molecule has 2 amide bonds. The van der Waals surface area contributed by atoms with Crippen molar-refractivity contribution < 1.29 is 23.8 Å². The molecule has 40 heavy (non-hydrogen) atoms. The summed E-state index contributed by atoms with van der Waals surface area (Å²) in [7, 11) is 3.25. The number of likely N-dealkylation sites (tertiary alicyclic amines) is 1. The Kier molecular flexibility index (Phi) is 5.95. The predicted octanol–water partition coefficient (Wildman–Crippen LogP) is 2.17. The molecule has 206 valence electrons. The third-order valence-electron chi connectivity index (χ3n) is 7.90. The van der Waals surface area contributed by atoms with Crippen LogP contribution in [0, 0.1) is 5.82 Å². The molecule has 0 bridgehead atoms. The van der Waals surface area contributed by atoms with Crippen molar-refractivity contribution in [2.75, 3.05) is 13.7 Å².